The van der Waals surface area contributed by atoms with Crippen molar-refractivity contribution in [3.63, 3.8) is 0 Å². The molecule has 5 heteroatoms. The average molecular weight is 220 g/mol. The number of hydrogen-bond donors (Lipinski definition) is 1. The number of hydrogen-bond acceptors (Lipinski definition) is 2. The predicted octanol–water partition coefficient (Wildman–Crippen LogP) is 2.25. The first-order valence-corrected chi connectivity index (χ1v) is 5.05. The van der Waals surface area contributed by atoms with Crippen LogP contribution in [-0.2, 0) is 9.59 Å². The van der Waals surface area contributed by atoms with Gasteiger partial charge in [0.2, 0.25) is 11.7 Å². The van der Waals surface area contributed by atoms with Gasteiger partial charge in [0, 0.05) is 19.3 Å². The maximum absolute atomic E-state index is 12.7. The Labute approximate surface area is 86.5 Å². The molecule has 15 heavy (non-hydrogen) atoms. The smallest absolute Gasteiger partial charge is 0.372 e. The van der Waals surface area contributed by atoms with E-state index in [1.165, 1.54) is 0 Å². The lowest BCUT2D eigenvalue weighted by atomic mass is 9.83. The molecule has 1 fully saturated rings. The van der Waals surface area contributed by atoms with Gasteiger partial charge in [0.15, 0.2) is 0 Å². The number of rotatable bonds is 4. The van der Waals surface area contributed by atoms with Gasteiger partial charge in [0.1, 0.15) is 0 Å². The third-order valence-electron chi connectivity index (χ3n) is 2.85. The number of aliphatic carboxylic acids is 1. The van der Waals surface area contributed by atoms with Crippen molar-refractivity contribution in [2.75, 3.05) is 0 Å². The first-order chi connectivity index (χ1) is 6.91. The maximum Gasteiger partial charge on any atom is 0.372 e. The van der Waals surface area contributed by atoms with Crippen LogP contribution in [0.25, 0.3) is 0 Å². The minimum atomic E-state index is -2.56. The van der Waals surface area contributed by atoms with Crippen molar-refractivity contribution < 1.29 is 23.5 Å². The minimum Gasteiger partial charge on any atom is -0.476 e. The quantitative estimate of drug-likeness (QED) is 0.739. The van der Waals surface area contributed by atoms with Crippen LogP contribution in [-0.4, -0.2) is 22.8 Å². The Morgan fingerprint density at radius 1 is 1.27 bits per heavy atom. The molecule has 3 nitrogen and oxygen atoms in total. The summed E-state index contributed by atoms with van der Waals surface area (Å²) in [5, 5.41) is 8.33. The zero-order valence-corrected chi connectivity index (χ0v) is 8.34. The summed E-state index contributed by atoms with van der Waals surface area (Å²) in [6.07, 6.45) is 0.879. The summed E-state index contributed by atoms with van der Waals surface area (Å²) in [6, 6.07) is 0. The van der Waals surface area contributed by atoms with Crippen molar-refractivity contribution in [2.24, 2.45) is 5.92 Å². The highest BCUT2D eigenvalue weighted by atomic mass is 19.3. The van der Waals surface area contributed by atoms with Gasteiger partial charge >= 0.3 is 5.97 Å². The Hall–Kier alpha value is -1.00. The molecular formula is C10H14F2O3. The van der Waals surface area contributed by atoms with Gasteiger partial charge in [-0.2, -0.15) is 0 Å². The van der Waals surface area contributed by atoms with Crippen LogP contribution in [0.3, 0.4) is 0 Å². The van der Waals surface area contributed by atoms with Crippen LogP contribution in [0, 0.1) is 5.92 Å². The van der Waals surface area contributed by atoms with E-state index in [0.717, 1.165) is 0 Å². The Bertz CT molecular complexity index is 253. The van der Waals surface area contributed by atoms with Crippen LogP contribution >= 0.6 is 0 Å². The largest absolute Gasteiger partial charge is 0.476 e. The van der Waals surface area contributed by atoms with Crippen LogP contribution in [0.1, 0.15) is 38.5 Å². The van der Waals surface area contributed by atoms with Gasteiger partial charge in [-0.3, -0.25) is 4.79 Å². The molecule has 0 atom stereocenters. The van der Waals surface area contributed by atoms with Crippen LogP contribution in [0.5, 0.6) is 0 Å². The van der Waals surface area contributed by atoms with Crippen molar-refractivity contribution in [3.05, 3.63) is 0 Å². The second kappa shape index (κ2) is 4.68. The molecule has 0 aliphatic heterocycles. The fourth-order valence-electron chi connectivity index (χ4n) is 1.83. The Balaban J connectivity index is 2.25. The van der Waals surface area contributed by atoms with Crippen LogP contribution < -0.4 is 0 Å². The van der Waals surface area contributed by atoms with E-state index in [4.69, 9.17) is 5.11 Å². The van der Waals surface area contributed by atoms with E-state index in [9.17, 15) is 18.4 Å². The van der Waals surface area contributed by atoms with Crippen LogP contribution in [0.2, 0.25) is 0 Å². The zero-order valence-electron chi connectivity index (χ0n) is 8.34. The first-order valence-electron chi connectivity index (χ1n) is 5.05. The van der Waals surface area contributed by atoms with Crippen LogP contribution in [0.15, 0.2) is 0 Å². The second-order valence-electron chi connectivity index (χ2n) is 4.07. The summed E-state index contributed by atoms with van der Waals surface area (Å²) in [6.45, 7) is 0. The second-order valence-corrected chi connectivity index (χ2v) is 4.07. The average Bonchev–Trinajstić information content (AvgIpc) is 2.15. The van der Waals surface area contributed by atoms with Gasteiger partial charge < -0.3 is 5.11 Å². The van der Waals surface area contributed by atoms with E-state index >= 15 is 0 Å². The molecular weight excluding hydrogens is 206 g/mol. The normalized spacial score (nSPS) is 21.2. The van der Waals surface area contributed by atoms with Crippen molar-refractivity contribution in [3.8, 4) is 0 Å². The lowest BCUT2D eigenvalue weighted by Crippen LogP contribution is -2.25. The highest BCUT2D eigenvalue weighted by Crippen LogP contribution is 2.37. The Kier molecular flexibility index (Phi) is 3.77. The van der Waals surface area contributed by atoms with Gasteiger partial charge in [-0.05, 0) is 25.2 Å². The summed E-state index contributed by atoms with van der Waals surface area (Å²) in [5.74, 6) is -4.75. The molecule has 1 aliphatic carbocycles. The molecule has 1 aliphatic rings. The van der Waals surface area contributed by atoms with Gasteiger partial charge in [-0.25, -0.2) is 13.6 Å². The third-order valence-corrected chi connectivity index (χ3v) is 2.85. The minimum absolute atomic E-state index is 0.0361. The molecule has 0 aromatic rings. The van der Waals surface area contributed by atoms with Crippen molar-refractivity contribution >= 4 is 11.8 Å². The number of carboxylic acid groups (broad SMARTS) is 1. The third kappa shape index (κ3) is 3.93. The van der Waals surface area contributed by atoms with E-state index in [1.54, 1.807) is 0 Å². The topological polar surface area (TPSA) is 54.4 Å². The molecule has 0 radical (unpaired) electrons. The van der Waals surface area contributed by atoms with Gasteiger partial charge in [0.05, 0.1) is 0 Å². The fraction of sp³-hybridized carbons (Fsp3) is 0.800. The molecule has 0 heterocycles. The molecule has 0 amide bonds. The monoisotopic (exact) mass is 220 g/mol. The van der Waals surface area contributed by atoms with E-state index in [-0.39, 0.29) is 25.2 Å². The lowest BCUT2D eigenvalue weighted by molar-refractivity contribution is -0.149. The van der Waals surface area contributed by atoms with Crippen molar-refractivity contribution in [1.82, 2.24) is 0 Å². The summed E-state index contributed by atoms with van der Waals surface area (Å²) in [7, 11) is 0. The molecule has 1 saturated carbocycles. The number of Topliss-reactive ketones (excluding diaryl/α,β-unsaturated/α-hetero) is 1. The van der Waals surface area contributed by atoms with Gasteiger partial charge in [0.25, 0.3) is 0 Å². The Morgan fingerprint density at radius 2 is 1.80 bits per heavy atom. The van der Waals surface area contributed by atoms with Gasteiger partial charge in [-0.1, -0.05) is 0 Å². The predicted molar refractivity (Wildman–Crippen MR) is 48.8 cm³/mol. The molecule has 0 saturated heterocycles. The number of carbonyl (C=O) groups is 2. The fourth-order valence-corrected chi connectivity index (χ4v) is 1.83. The maximum atomic E-state index is 12.7. The molecule has 86 valence electrons. The molecule has 1 rings (SSSR count). The summed E-state index contributed by atoms with van der Waals surface area (Å²) < 4.78 is 25.5. The summed E-state index contributed by atoms with van der Waals surface area (Å²) in [5.41, 5.74) is 0. The Morgan fingerprint density at radius 3 is 2.27 bits per heavy atom. The number of alkyl halides is 2. The highest BCUT2D eigenvalue weighted by Gasteiger charge is 2.34. The van der Waals surface area contributed by atoms with E-state index in [0.29, 0.717) is 19.3 Å². The summed E-state index contributed by atoms with van der Waals surface area (Å²) in [4.78, 5) is 21.0. The molecule has 0 unspecified atom stereocenters. The standard InChI is InChI=1S/C10H14F2O3/c11-10(12)5-3-7(4-6-10)1-2-8(13)9(14)15/h7H,1-6H2,(H,14,15). The van der Waals surface area contributed by atoms with E-state index in [2.05, 4.69) is 0 Å². The number of halogens is 2. The van der Waals surface area contributed by atoms with Crippen LogP contribution in [0.4, 0.5) is 8.78 Å². The number of ketones is 1. The van der Waals surface area contributed by atoms with Gasteiger partial charge in [-0.15, -0.1) is 0 Å². The SMILES string of the molecule is O=C(O)C(=O)CCC1CCC(F)(F)CC1. The number of carboxylic acids is 1. The molecule has 0 aromatic carbocycles. The lowest BCUT2D eigenvalue weighted by Gasteiger charge is -2.27. The van der Waals surface area contributed by atoms with E-state index < -0.39 is 17.7 Å². The summed E-state index contributed by atoms with van der Waals surface area (Å²) >= 11 is 0. The number of carbonyl (C=O) groups excluding carboxylic acids is 1. The molecule has 0 spiro atoms. The molecule has 0 bridgehead atoms. The molecule has 1 N–H and O–H groups in total. The first kappa shape index (κ1) is 12.1. The molecule has 0 aromatic heterocycles. The highest BCUT2D eigenvalue weighted by molar-refractivity contribution is 6.32. The zero-order chi connectivity index (χ0) is 11.5. The van der Waals surface area contributed by atoms with Crippen molar-refractivity contribution in [1.29, 1.82) is 0 Å². The van der Waals surface area contributed by atoms with Crippen molar-refractivity contribution in [2.45, 2.75) is 44.4 Å². The van der Waals surface area contributed by atoms with E-state index in [1.807, 2.05) is 0 Å².